The van der Waals surface area contributed by atoms with Crippen molar-refractivity contribution >= 4 is 16.9 Å². The minimum atomic E-state index is -0.480. The zero-order valence-corrected chi connectivity index (χ0v) is 17.0. The van der Waals surface area contributed by atoms with Crippen LogP contribution in [0.5, 0.6) is 5.75 Å². The highest BCUT2D eigenvalue weighted by molar-refractivity contribution is 5.86. The van der Waals surface area contributed by atoms with Crippen molar-refractivity contribution in [3.8, 4) is 5.75 Å². The lowest BCUT2D eigenvalue weighted by atomic mass is 9.97. The molecule has 2 heterocycles. The van der Waals surface area contributed by atoms with Crippen LogP contribution >= 0.6 is 0 Å². The Morgan fingerprint density at radius 2 is 1.93 bits per heavy atom. The predicted octanol–water partition coefficient (Wildman–Crippen LogP) is 1.55. The number of hydrogen-bond acceptors (Lipinski definition) is 5. The maximum Gasteiger partial charge on any atom is 0.339 e. The number of esters is 1. The number of hydrogen-bond donors (Lipinski definition) is 1. The van der Waals surface area contributed by atoms with Crippen LogP contribution < -0.4 is 15.6 Å². The Hall–Kier alpha value is -2.34. The van der Waals surface area contributed by atoms with Crippen LogP contribution in [-0.4, -0.2) is 25.7 Å². The summed E-state index contributed by atoms with van der Waals surface area (Å²) in [4.78, 5) is 25.6. The molecule has 1 N–H and O–H groups in total. The van der Waals surface area contributed by atoms with E-state index in [0.29, 0.717) is 29.9 Å². The van der Waals surface area contributed by atoms with Crippen molar-refractivity contribution in [2.24, 2.45) is 0 Å². The van der Waals surface area contributed by atoms with Gasteiger partial charge in [-0.2, -0.15) is 0 Å². The lowest BCUT2D eigenvalue weighted by Gasteiger charge is -2.27. The largest absolute Gasteiger partial charge is 0.872 e. The van der Waals surface area contributed by atoms with Crippen molar-refractivity contribution in [2.45, 2.75) is 59.4 Å². The van der Waals surface area contributed by atoms with Crippen LogP contribution in [0.2, 0.25) is 0 Å². The minimum Gasteiger partial charge on any atom is -0.872 e. The summed E-state index contributed by atoms with van der Waals surface area (Å²) in [6, 6.07) is 1.89. The standard InChI is InChI=1S/C22H29NO5/c1-4-27-19(24)9-8-17-14(2)18-12-16(13-23-10-6-5-7-11-23)20(25)15(3)21(18)28-22(17)26/h12,25H,4-11,13H2,1-3H3. The van der Waals surface area contributed by atoms with Crippen molar-refractivity contribution in [1.29, 1.82) is 0 Å². The number of likely N-dealkylation sites (tertiary alicyclic amines) is 1. The maximum absolute atomic E-state index is 12.8. The van der Waals surface area contributed by atoms with E-state index in [2.05, 4.69) is 0 Å². The Balaban J connectivity index is 1.98. The molecule has 1 aromatic carbocycles. The lowest BCUT2D eigenvalue weighted by molar-refractivity contribution is -0.918. The van der Waals surface area contributed by atoms with Crippen LogP contribution in [0, 0.1) is 13.8 Å². The summed E-state index contributed by atoms with van der Waals surface area (Å²) in [6.45, 7) is 8.53. The highest BCUT2D eigenvalue weighted by atomic mass is 16.5. The van der Waals surface area contributed by atoms with Gasteiger partial charge in [-0.15, -0.1) is 0 Å². The molecule has 0 amide bonds. The molecule has 1 fully saturated rings. The number of quaternary nitrogens is 1. The molecule has 6 heteroatoms. The van der Waals surface area contributed by atoms with Crippen molar-refractivity contribution < 1.29 is 24.0 Å². The number of nitrogens with one attached hydrogen (secondary N) is 1. The van der Waals surface area contributed by atoms with Crippen molar-refractivity contribution in [3.63, 3.8) is 0 Å². The van der Waals surface area contributed by atoms with Gasteiger partial charge in [0.1, 0.15) is 12.1 Å². The third-order valence-electron chi connectivity index (χ3n) is 5.72. The fraction of sp³-hybridized carbons (Fsp3) is 0.545. The molecule has 1 aliphatic heterocycles. The summed E-state index contributed by atoms with van der Waals surface area (Å²) in [7, 11) is 0. The van der Waals surface area contributed by atoms with Gasteiger partial charge >= 0.3 is 11.6 Å². The number of aryl methyl sites for hydroxylation is 2. The number of carbonyl (C=O) groups is 1. The summed E-state index contributed by atoms with van der Waals surface area (Å²) in [6.07, 6.45) is 4.06. The van der Waals surface area contributed by atoms with Gasteiger partial charge in [0.15, 0.2) is 0 Å². The Morgan fingerprint density at radius 3 is 2.61 bits per heavy atom. The molecular weight excluding hydrogens is 358 g/mol. The molecular formula is C22H29NO5. The SMILES string of the molecule is CCOC(=O)CCc1c(C)c2cc(C[NH+]3CCCCC3)c([O-])c(C)c2oc1=O. The first-order valence-electron chi connectivity index (χ1n) is 10.2. The molecule has 1 aliphatic rings. The first kappa shape index (κ1) is 20.4. The van der Waals surface area contributed by atoms with E-state index in [1.165, 1.54) is 24.2 Å². The van der Waals surface area contributed by atoms with Crippen molar-refractivity contribution in [3.05, 3.63) is 38.7 Å². The Morgan fingerprint density at radius 1 is 1.21 bits per heavy atom. The van der Waals surface area contributed by atoms with Gasteiger partial charge in [-0.25, -0.2) is 4.79 Å². The van der Waals surface area contributed by atoms with Gasteiger partial charge in [-0.05, 0) is 69.2 Å². The zero-order valence-electron chi connectivity index (χ0n) is 17.0. The van der Waals surface area contributed by atoms with E-state index < -0.39 is 5.63 Å². The number of carbonyl (C=O) groups excluding carboxylic acids is 1. The molecule has 0 radical (unpaired) electrons. The number of benzene rings is 1. The lowest BCUT2D eigenvalue weighted by Crippen LogP contribution is -3.11. The molecule has 0 unspecified atom stereocenters. The molecule has 0 aliphatic carbocycles. The summed E-state index contributed by atoms with van der Waals surface area (Å²) in [5, 5.41) is 13.6. The van der Waals surface area contributed by atoms with Crippen LogP contribution in [0.1, 0.15) is 54.9 Å². The molecule has 1 saturated heterocycles. The topological polar surface area (TPSA) is 84.0 Å². The Kier molecular flexibility index (Phi) is 6.39. The summed E-state index contributed by atoms with van der Waals surface area (Å²) in [5.41, 5.74) is 2.41. The van der Waals surface area contributed by atoms with Crippen LogP contribution in [0.25, 0.3) is 11.0 Å². The monoisotopic (exact) mass is 387 g/mol. The second kappa shape index (κ2) is 8.78. The molecule has 1 aromatic heterocycles. The van der Waals surface area contributed by atoms with Gasteiger partial charge in [0.2, 0.25) is 0 Å². The second-order valence-electron chi connectivity index (χ2n) is 7.65. The van der Waals surface area contributed by atoms with Crippen LogP contribution in [0.15, 0.2) is 15.3 Å². The quantitative estimate of drug-likeness (QED) is 0.601. The molecule has 3 rings (SSSR count). The van der Waals surface area contributed by atoms with E-state index in [1.54, 1.807) is 13.8 Å². The second-order valence-corrected chi connectivity index (χ2v) is 7.65. The maximum atomic E-state index is 12.8. The van der Waals surface area contributed by atoms with Gasteiger partial charge in [0.05, 0.1) is 19.7 Å². The van der Waals surface area contributed by atoms with E-state index in [-0.39, 0.29) is 24.6 Å². The van der Waals surface area contributed by atoms with Crippen LogP contribution in [-0.2, 0) is 22.5 Å². The number of ether oxygens (including phenoxy) is 1. The summed E-state index contributed by atoms with van der Waals surface area (Å²) >= 11 is 0. The van der Waals surface area contributed by atoms with Crippen molar-refractivity contribution in [1.82, 2.24) is 0 Å². The molecule has 0 spiro atoms. The summed E-state index contributed by atoms with van der Waals surface area (Å²) < 4.78 is 10.5. The van der Waals surface area contributed by atoms with E-state index in [1.807, 2.05) is 13.0 Å². The average molecular weight is 387 g/mol. The molecule has 2 aromatic rings. The molecule has 0 atom stereocenters. The number of rotatable bonds is 6. The Bertz CT molecular complexity index is 925. The molecule has 0 saturated carbocycles. The van der Waals surface area contributed by atoms with Crippen LogP contribution in [0.3, 0.4) is 0 Å². The number of piperidine rings is 1. The first-order valence-corrected chi connectivity index (χ1v) is 10.2. The van der Waals surface area contributed by atoms with Crippen LogP contribution in [0.4, 0.5) is 0 Å². The summed E-state index contributed by atoms with van der Waals surface area (Å²) in [5.74, 6) is -0.366. The smallest absolute Gasteiger partial charge is 0.339 e. The average Bonchev–Trinajstić information content (AvgIpc) is 2.68. The minimum absolute atomic E-state index is 0.0348. The highest BCUT2D eigenvalue weighted by Gasteiger charge is 2.19. The van der Waals surface area contributed by atoms with E-state index in [4.69, 9.17) is 9.15 Å². The molecule has 0 bridgehead atoms. The molecule has 28 heavy (non-hydrogen) atoms. The van der Waals surface area contributed by atoms with Crippen molar-refractivity contribution in [2.75, 3.05) is 19.7 Å². The molecule has 152 valence electrons. The Labute approximate surface area is 165 Å². The van der Waals surface area contributed by atoms with Gasteiger partial charge in [0.25, 0.3) is 0 Å². The van der Waals surface area contributed by atoms with E-state index >= 15 is 0 Å². The molecule has 6 nitrogen and oxygen atoms in total. The third-order valence-corrected chi connectivity index (χ3v) is 5.72. The number of fused-ring (bicyclic) bond motifs is 1. The van der Waals surface area contributed by atoms with E-state index in [9.17, 15) is 14.7 Å². The van der Waals surface area contributed by atoms with Gasteiger partial charge in [-0.3, -0.25) is 4.79 Å². The third kappa shape index (κ3) is 4.22. The normalized spacial score (nSPS) is 15.1. The zero-order chi connectivity index (χ0) is 20.3. The fourth-order valence-corrected chi connectivity index (χ4v) is 4.11. The van der Waals surface area contributed by atoms with E-state index in [0.717, 1.165) is 29.6 Å². The first-order chi connectivity index (χ1) is 13.4. The van der Waals surface area contributed by atoms with Gasteiger partial charge in [0, 0.05) is 17.4 Å². The predicted molar refractivity (Wildman–Crippen MR) is 105 cm³/mol. The highest BCUT2D eigenvalue weighted by Crippen LogP contribution is 2.30. The fourth-order valence-electron chi connectivity index (χ4n) is 4.11. The van der Waals surface area contributed by atoms with Gasteiger partial charge in [-0.1, -0.05) is 5.75 Å². The van der Waals surface area contributed by atoms with Gasteiger partial charge < -0.3 is 19.2 Å².